The van der Waals surface area contributed by atoms with E-state index in [0.29, 0.717) is 6.42 Å². The van der Waals surface area contributed by atoms with E-state index in [2.05, 4.69) is 37.0 Å². The van der Waals surface area contributed by atoms with Crippen molar-refractivity contribution in [1.29, 1.82) is 0 Å². The summed E-state index contributed by atoms with van der Waals surface area (Å²) in [6.45, 7) is 4.13. The number of aromatic nitrogens is 1. The van der Waals surface area contributed by atoms with Crippen molar-refractivity contribution in [3.8, 4) is 10.6 Å². The number of rotatable bonds is 2. The lowest BCUT2D eigenvalue weighted by Crippen LogP contribution is -2.08. The summed E-state index contributed by atoms with van der Waals surface area (Å²) >= 11 is 1.64. The maximum absolute atomic E-state index is 11.2. The first-order valence-corrected chi connectivity index (χ1v) is 7.18. The SMILES string of the molecule is Cc1ccc(C)c(-c2nc3c(s2)CCC3C(=O)O)c1. The molecule has 2 aromatic rings. The molecule has 1 N–H and O–H groups in total. The van der Waals surface area contributed by atoms with E-state index in [0.717, 1.165) is 27.6 Å². The molecule has 0 saturated carbocycles. The zero-order valence-electron chi connectivity index (χ0n) is 10.9. The Balaban J connectivity index is 2.07. The third-order valence-electron chi connectivity index (χ3n) is 3.64. The van der Waals surface area contributed by atoms with Gasteiger partial charge in [-0.05, 0) is 38.3 Å². The number of carboxylic acid groups (broad SMARTS) is 1. The third kappa shape index (κ3) is 2.06. The maximum atomic E-state index is 11.2. The first kappa shape index (κ1) is 12.4. The first-order chi connectivity index (χ1) is 9.06. The van der Waals surface area contributed by atoms with Crippen LogP contribution in [-0.4, -0.2) is 16.1 Å². The Hall–Kier alpha value is -1.68. The van der Waals surface area contributed by atoms with Crippen LogP contribution in [0.2, 0.25) is 0 Å². The molecular formula is C15H15NO2S. The standard InChI is InChI=1S/C15H15NO2S/c1-8-3-4-9(2)11(7-8)14-16-13-10(15(17)18)5-6-12(13)19-14/h3-4,7,10H,5-6H2,1-2H3,(H,17,18). The Labute approximate surface area is 115 Å². The molecule has 0 amide bonds. The highest BCUT2D eigenvalue weighted by Crippen LogP contribution is 2.40. The van der Waals surface area contributed by atoms with Crippen LogP contribution in [-0.2, 0) is 11.2 Å². The van der Waals surface area contributed by atoms with Crippen LogP contribution in [0.3, 0.4) is 0 Å². The second-order valence-corrected chi connectivity index (χ2v) is 6.16. The average Bonchev–Trinajstić information content (AvgIpc) is 2.91. The summed E-state index contributed by atoms with van der Waals surface area (Å²) in [4.78, 5) is 16.9. The summed E-state index contributed by atoms with van der Waals surface area (Å²) in [5.74, 6) is -1.17. The normalized spacial score (nSPS) is 17.5. The van der Waals surface area contributed by atoms with Crippen molar-refractivity contribution in [2.45, 2.75) is 32.6 Å². The van der Waals surface area contributed by atoms with Gasteiger partial charge in [-0.15, -0.1) is 11.3 Å². The lowest BCUT2D eigenvalue weighted by atomic mass is 10.1. The monoisotopic (exact) mass is 273 g/mol. The fraction of sp³-hybridized carbons (Fsp3) is 0.333. The van der Waals surface area contributed by atoms with Crippen molar-refractivity contribution in [1.82, 2.24) is 4.98 Å². The summed E-state index contributed by atoms with van der Waals surface area (Å²) in [7, 11) is 0. The lowest BCUT2D eigenvalue weighted by Gasteiger charge is -2.05. The molecule has 0 radical (unpaired) electrons. The molecule has 0 bridgehead atoms. The highest BCUT2D eigenvalue weighted by atomic mass is 32.1. The molecule has 1 atom stereocenters. The van der Waals surface area contributed by atoms with E-state index < -0.39 is 11.9 Å². The number of thiazole rings is 1. The topological polar surface area (TPSA) is 50.2 Å². The van der Waals surface area contributed by atoms with E-state index in [-0.39, 0.29) is 0 Å². The zero-order chi connectivity index (χ0) is 13.6. The number of hydrogen-bond donors (Lipinski definition) is 1. The average molecular weight is 273 g/mol. The molecule has 3 nitrogen and oxygen atoms in total. The van der Waals surface area contributed by atoms with Gasteiger partial charge >= 0.3 is 5.97 Å². The van der Waals surface area contributed by atoms with Crippen molar-refractivity contribution < 1.29 is 9.90 Å². The molecule has 1 unspecified atom stereocenters. The summed E-state index contributed by atoms with van der Waals surface area (Å²) in [5, 5.41) is 10.2. The minimum atomic E-state index is -0.753. The van der Waals surface area contributed by atoms with Crippen molar-refractivity contribution in [2.75, 3.05) is 0 Å². The Bertz CT molecular complexity index is 660. The molecule has 4 heteroatoms. The van der Waals surface area contributed by atoms with Gasteiger partial charge in [0.1, 0.15) is 10.9 Å². The van der Waals surface area contributed by atoms with Gasteiger partial charge in [-0.3, -0.25) is 4.79 Å². The van der Waals surface area contributed by atoms with Crippen molar-refractivity contribution in [3.63, 3.8) is 0 Å². The number of benzene rings is 1. The van der Waals surface area contributed by atoms with Gasteiger partial charge in [-0.2, -0.15) is 0 Å². The summed E-state index contributed by atoms with van der Waals surface area (Å²) < 4.78 is 0. The van der Waals surface area contributed by atoms with Crippen molar-refractivity contribution >= 4 is 17.3 Å². The molecule has 1 aliphatic carbocycles. The van der Waals surface area contributed by atoms with Crippen LogP contribution >= 0.6 is 11.3 Å². The van der Waals surface area contributed by atoms with E-state index in [4.69, 9.17) is 0 Å². The molecule has 3 rings (SSSR count). The van der Waals surface area contributed by atoms with Crippen LogP contribution in [0, 0.1) is 13.8 Å². The van der Waals surface area contributed by atoms with Gasteiger partial charge in [0.25, 0.3) is 0 Å². The third-order valence-corrected chi connectivity index (χ3v) is 4.80. The quantitative estimate of drug-likeness (QED) is 0.910. The minimum absolute atomic E-state index is 0.412. The predicted octanol–water partition coefficient (Wildman–Crippen LogP) is 3.54. The summed E-state index contributed by atoms with van der Waals surface area (Å²) in [5.41, 5.74) is 4.30. The minimum Gasteiger partial charge on any atom is -0.481 e. The molecule has 19 heavy (non-hydrogen) atoms. The van der Waals surface area contributed by atoms with E-state index in [1.165, 1.54) is 11.1 Å². The highest BCUT2D eigenvalue weighted by molar-refractivity contribution is 7.15. The van der Waals surface area contributed by atoms with Gasteiger partial charge < -0.3 is 5.11 Å². The second-order valence-electron chi connectivity index (χ2n) is 5.08. The molecule has 0 spiro atoms. The van der Waals surface area contributed by atoms with Crippen LogP contribution in [0.25, 0.3) is 10.6 Å². The van der Waals surface area contributed by atoms with Crippen molar-refractivity contribution in [3.05, 3.63) is 39.9 Å². The summed E-state index contributed by atoms with van der Waals surface area (Å²) in [6, 6.07) is 6.30. The molecule has 1 aliphatic rings. The maximum Gasteiger partial charge on any atom is 0.312 e. The Kier molecular flexibility index (Phi) is 2.90. The zero-order valence-corrected chi connectivity index (χ0v) is 11.8. The Morgan fingerprint density at radius 3 is 2.95 bits per heavy atom. The number of aliphatic carboxylic acids is 1. The lowest BCUT2D eigenvalue weighted by molar-refractivity contribution is -0.138. The number of carbonyl (C=O) groups is 1. The fourth-order valence-corrected chi connectivity index (χ4v) is 3.77. The smallest absolute Gasteiger partial charge is 0.312 e. The molecular weight excluding hydrogens is 258 g/mol. The van der Waals surface area contributed by atoms with Crippen LogP contribution in [0.1, 0.15) is 34.0 Å². The van der Waals surface area contributed by atoms with E-state index in [1.54, 1.807) is 11.3 Å². The van der Waals surface area contributed by atoms with Crippen LogP contribution in [0.5, 0.6) is 0 Å². The largest absolute Gasteiger partial charge is 0.481 e. The highest BCUT2D eigenvalue weighted by Gasteiger charge is 2.32. The molecule has 0 aliphatic heterocycles. The van der Waals surface area contributed by atoms with Crippen LogP contribution in [0.4, 0.5) is 0 Å². The van der Waals surface area contributed by atoms with Crippen LogP contribution < -0.4 is 0 Å². The number of nitrogens with zero attached hydrogens (tertiary/aromatic N) is 1. The molecule has 1 aromatic heterocycles. The van der Waals surface area contributed by atoms with Gasteiger partial charge in [-0.1, -0.05) is 17.7 Å². The number of aryl methyl sites for hydroxylation is 3. The number of fused-ring (bicyclic) bond motifs is 1. The fourth-order valence-electron chi connectivity index (χ4n) is 2.55. The van der Waals surface area contributed by atoms with E-state index >= 15 is 0 Å². The number of hydrogen-bond acceptors (Lipinski definition) is 3. The van der Waals surface area contributed by atoms with Crippen LogP contribution in [0.15, 0.2) is 18.2 Å². The molecule has 0 fully saturated rings. The molecule has 98 valence electrons. The second kappa shape index (κ2) is 4.46. The first-order valence-electron chi connectivity index (χ1n) is 6.36. The van der Waals surface area contributed by atoms with Gasteiger partial charge in [-0.25, -0.2) is 4.98 Å². The van der Waals surface area contributed by atoms with Gasteiger partial charge in [0.15, 0.2) is 0 Å². The van der Waals surface area contributed by atoms with E-state index in [9.17, 15) is 9.90 Å². The summed E-state index contributed by atoms with van der Waals surface area (Å²) in [6.07, 6.45) is 1.53. The van der Waals surface area contributed by atoms with Gasteiger partial charge in [0.2, 0.25) is 0 Å². The molecule has 0 saturated heterocycles. The number of carboxylic acids is 1. The molecule has 1 heterocycles. The molecule has 1 aromatic carbocycles. The van der Waals surface area contributed by atoms with Gasteiger partial charge in [0.05, 0.1) is 5.69 Å². The Morgan fingerprint density at radius 2 is 2.21 bits per heavy atom. The van der Waals surface area contributed by atoms with Crippen molar-refractivity contribution in [2.24, 2.45) is 0 Å². The Morgan fingerprint density at radius 1 is 1.42 bits per heavy atom. The van der Waals surface area contributed by atoms with E-state index in [1.807, 2.05) is 0 Å². The van der Waals surface area contributed by atoms with Gasteiger partial charge in [0, 0.05) is 10.4 Å². The predicted molar refractivity (Wildman–Crippen MR) is 75.7 cm³/mol.